The number of aryl methyl sites for hydroxylation is 3. The Morgan fingerprint density at radius 3 is 2.76 bits per heavy atom. The lowest BCUT2D eigenvalue weighted by atomic mass is 10.2. The second kappa shape index (κ2) is 7.53. The first-order valence-corrected chi connectivity index (χ1v) is 8.94. The van der Waals surface area contributed by atoms with Crippen molar-refractivity contribution in [3.05, 3.63) is 26.7 Å². The number of hydrogen-bond donors (Lipinski definition) is 0. The average Bonchev–Trinajstić information content (AvgIpc) is 2.96. The SMILES string of the molecule is CCn1c(C)nc2c1c(=O)n(CCCOC1CCCCO1)c(=O)n2C. The first kappa shape index (κ1) is 17.9. The molecular weight excluding hydrogens is 324 g/mol. The Hall–Kier alpha value is -1.93. The lowest BCUT2D eigenvalue weighted by Gasteiger charge is -2.22. The number of rotatable bonds is 6. The third-order valence-electron chi connectivity index (χ3n) is 4.71. The van der Waals surface area contributed by atoms with E-state index in [1.807, 2.05) is 18.4 Å². The summed E-state index contributed by atoms with van der Waals surface area (Å²) in [5.41, 5.74) is 0.303. The molecule has 0 radical (unpaired) electrons. The number of ether oxygens (including phenoxy) is 2. The predicted molar refractivity (Wildman–Crippen MR) is 93.8 cm³/mol. The van der Waals surface area contributed by atoms with Gasteiger partial charge in [-0.25, -0.2) is 9.78 Å². The van der Waals surface area contributed by atoms with Gasteiger partial charge >= 0.3 is 5.69 Å². The van der Waals surface area contributed by atoms with Crippen molar-refractivity contribution in [3.63, 3.8) is 0 Å². The predicted octanol–water partition coefficient (Wildman–Crippen LogP) is 1.16. The molecule has 1 aliphatic rings. The molecule has 1 saturated heterocycles. The highest BCUT2D eigenvalue weighted by molar-refractivity contribution is 5.70. The molecule has 3 rings (SSSR count). The van der Waals surface area contributed by atoms with Gasteiger partial charge in [-0.15, -0.1) is 0 Å². The molecule has 3 heterocycles. The minimum atomic E-state index is -0.341. The summed E-state index contributed by atoms with van der Waals surface area (Å²) in [6.45, 7) is 5.96. The molecule has 8 nitrogen and oxygen atoms in total. The molecule has 1 aliphatic heterocycles. The van der Waals surface area contributed by atoms with Crippen LogP contribution in [0, 0.1) is 6.92 Å². The summed E-state index contributed by atoms with van der Waals surface area (Å²) in [4.78, 5) is 29.7. The van der Waals surface area contributed by atoms with Crippen LogP contribution in [0.4, 0.5) is 0 Å². The van der Waals surface area contributed by atoms with E-state index in [0.29, 0.717) is 37.3 Å². The van der Waals surface area contributed by atoms with Crippen LogP contribution < -0.4 is 11.2 Å². The maximum Gasteiger partial charge on any atom is 0.332 e. The molecule has 0 aromatic carbocycles. The Morgan fingerprint density at radius 2 is 2.08 bits per heavy atom. The summed E-state index contributed by atoms with van der Waals surface area (Å²) in [5, 5.41) is 0. The molecule has 0 bridgehead atoms. The van der Waals surface area contributed by atoms with Crippen LogP contribution in [0.15, 0.2) is 9.59 Å². The second-order valence-electron chi connectivity index (χ2n) is 6.39. The van der Waals surface area contributed by atoms with Crippen LogP contribution >= 0.6 is 0 Å². The van der Waals surface area contributed by atoms with Gasteiger partial charge in [-0.3, -0.25) is 13.9 Å². The number of imidazole rings is 1. The Labute approximate surface area is 146 Å². The number of hydrogen-bond acceptors (Lipinski definition) is 5. The monoisotopic (exact) mass is 350 g/mol. The van der Waals surface area contributed by atoms with Gasteiger partial charge in [0.25, 0.3) is 5.56 Å². The van der Waals surface area contributed by atoms with Crippen LogP contribution in [-0.2, 0) is 29.6 Å². The van der Waals surface area contributed by atoms with Gasteiger partial charge in [0.05, 0.1) is 6.61 Å². The summed E-state index contributed by atoms with van der Waals surface area (Å²) in [6, 6.07) is 0. The molecular formula is C17H26N4O4. The second-order valence-corrected chi connectivity index (χ2v) is 6.39. The zero-order valence-corrected chi connectivity index (χ0v) is 15.2. The molecule has 0 spiro atoms. The van der Waals surface area contributed by atoms with Crippen LogP contribution in [0.5, 0.6) is 0 Å². The number of aromatic nitrogens is 4. The van der Waals surface area contributed by atoms with Crippen molar-refractivity contribution in [2.24, 2.45) is 7.05 Å². The van der Waals surface area contributed by atoms with E-state index in [4.69, 9.17) is 9.47 Å². The van der Waals surface area contributed by atoms with Gasteiger partial charge in [-0.2, -0.15) is 0 Å². The Kier molecular flexibility index (Phi) is 5.39. The summed E-state index contributed by atoms with van der Waals surface area (Å²) < 4.78 is 15.8. The van der Waals surface area contributed by atoms with E-state index >= 15 is 0 Å². The van der Waals surface area contributed by atoms with Gasteiger partial charge in [0.1, 0.15) is 5.82 Å². The number of nitrogens with zero attached hydrogens (tertiary/aromatic N) is 4. The van der Waals surface area contributed by atoms with Crippen molar-refractivity contribution in [1.82, 2.24) is 18.7 Å². The zero-order valence-electron chi connectivity index (χ0n) is 15.2. The van der Waals surface area contributed by atoms with E-state index in [9.17, 15) is 9.59 Å². The van der Waals surface area contributed by atoms with E-state index in [0.717, 1.165) is 31.7 Å². The summed E-state index contributed by atoms with van der Waals surface area (Å²) in [5.74, 6) is 0.736. The highest BCUT2D eigenvalue weighted by Gasteiger charge is 2.18. The fraction of sp³-hybridized carbons (Fsp3) is 0.706. The average molecular weight is 350 g/mol. The normalized spacial score (nSPS) is 18.1. The van der Waals surface area contributed by atoms with Crippen molar-refractivity contribution in [2.45, 2.75) is 58.9 Å². The lowest BCUT2D eigenvalue weighted by molar-refractivity contribution is -0.163. The summed E-state index contributed by atoms with van der Waals surface area (Å²) >= 11 is 0. The van der Waals surface area contributed by atoms with Gasteiger partial charge in [0.15, 0.2) is 17.5 Å². The summed E-state index contributed by atoms with van der Waals surface area (Å²) in [6.07, 6.45) is 3.53. The van der Waals surface area contributed by atoms with E-state index in [1.54, 1.807) is 7.05 Å². The molecule has 2 aromatic heterocycles. The molecule has 1 fully saturated rings. The van der Waals surface area contributed by atoms with Gasteiger partial charge in [-0.05, 0) is 39.5 Å². The quantitative estimate of drug-likeness (QED) is 0.730. The fourth-order valence-corrected chi connectivity index (χ4v) is 3.34. The lowest BCUT2D eigenvalue weighted by Crippen LogP contribution is -2.40. The maximum atomic E-state index is 12.8. The third-order valence-corrected chi connectivity index (χ3v) is 4.71. The molecule has 8 heteroatoms. The topological polar surface area (TPSA) is 80.3 Å². The van der Waals surface area contributed by atoms with Crippen molar-refractivity contribution < 1.29 is 9.47 Å². The van der Waals surface area contributed by atoms with Gasteiger partial charge in [0.2, 0.25) is 0 Å². The van der Waals surface area contributed by atoms with Crippen LogP contribution in [0.1, 0.15) is 38.4 Å². The van der Waals surface area contributed by atoms with E-state index in [2.05, 4.69) is 4.98 Å². The maximum absolute atomic E-state index is 12.8. The Bertz CT molecular complexity index is 858. The summed E-state index contributed by atoms with van der Waals surface area (Å²) in [7, 11) is 1.65. The molecule has 0 aliphatic carbocycles. The Balaban J connectivity index is 1.79. The minimum absolute atomic E-state index is 0.153. The Morgan fingerprint density at radius 1 is 1.28 bits per heavy atom. The standard InChI is InChI=1S/C17H26N4O4/c1-4-20-12(2)18-15-14(20)16(22)21(17(23)19(15)3)9-7-11-25-13-8-5-6-10-24-13/h13H,4-11H2,1-3H3. The molecule has 0 saturated carbocycles. The molecule has 25 heavy (non-hydrogen) atoms. The number of fused-ring (bicyclic) bond motifs is 1. The first-order chi connectivity index (χ1) is 12.0. The fourth-order valence-electron chi connectivity index (χ4n) is 3.34. The van der Waals surface area contributed by atoms with Crippen molar-refractivity contribution >= 4 is 11.2 Å². The van der Waals surface area contributed by atoms with Gasteiger partial charge in [0, 0.05) is 26.7 Å². The molecule has 1 unspecified atom stereocenters. The van der Waals surface area contributed by atoms with Crippen molar-refractivity contribution in [1.29, 1.82) is 0 Å². The van der Waals surface area contributed by atoms with E-state index in [1.165, 1.54) is 9.13 Å². The minimum Gasteiger partial charge on any atom is -0.353 e. The van der Waals surface area contributed by atoms with Crippen LogP contribution in [0.3, 0.4) is 0 Å². The van der Waals surface area contributed by atoms with E-state index < -0.39 is 0 Å². The van der Waals surface area contributed by atoms with Gasteiger partial charge in [-0.1, -0.05) is 0 Å². The van der Waals surface area contributed by atoms with Crippen LogP contribution in [0.25, 0.3) is 11.2 Å². The van der Waals surface area contributed by atoms with Crippen molar-refractivity contribution in [2.75, 3.05) is 13.2 Å². The molecule has 2 aromatic rings. The zero-order chi connectivity index (χ0) is 18.0. The van der Waals surface area contributed by atoms with Crippen molar-refractivity contribution in [3.8, 4) is 0 Å². The highest BCUT2D eigenvalue weighted by Crippen LogP contribution is 2.14. The molecule has 0 N–H and O–H groups in total. The third kappa shape index (κ3) is 3.41. The van der Waals surface area contributed by atoms with Crippen LogP contribution in [0.2, 0.25) is 0 Å². The van der Waals surface area contributed by atoms with E-state index in [-0.39, 0.29) is 17.5 Å². The van der Waals surface area contributed by atoms with Gasteiger partial charge < -0.3 is 14.0 Å². The largest absolute Gasteiger partial charge is 0.353 e. The molecule has 0 amide bonds. The first-order valence-electron chi connectivity index (χ1n) is 8.94. The molecule has 1 atom stereocenters. The van der Waals surface area contributed by atoms with Crippen LogP contribution in [-0.4, -0.2) is 38.2 Å². The smallest absolute Gasteiger partial charge is 0.332 e. The highest BCUT2D eigenvalue weighted by atomic mass is 16.7. The molecule has 138 valence electrons.